The van der Waals surface area contributed by atoms with Crippen LogP contribution in [0.3, 0.4) is 0 Å². The van der Waals surface area contributed by atoms with Crippen LogP contribution in [-0.2, 0) is 9.59 Å². The van der Waals surface area contributed by atoms with E-state index in [0.717, 1.165) is 34.1 Å². The maximum Gasteiger partial charge on any atom is 0.239 e. The number of fused-ring (bicyclic) bond motifs is 2. The molecular formula is C21H26N4O2S2. The van der Waals surface area contributed by atoms with Crippen molar-refractivity contribution in [2.24, 2.45) is 17.8 Å². The molecule has 2 aliphatic carbocycles. The highest BCUT2D eigenvalue weighted by atomic mass is 32.2. The number of thiophene rings is 1. The van der Waals surface area contributed by atoms with E-state index in [1.807, 2.05) is 6.07 Å². The largest absolute Gasteiger partial charge is 0.298 e. The SMILES string of the molecule is C[C@H]([C@H]1C[C@@H]2CC[C@@H]1C2)n1c(SCC(=O)N2CCCC2=O)nnc1-c1cccs1. The predicted molar refractivity (Wildman–Crippen MR) is 114 cm³/mol. The summed E-state index contributed by atoms with van der Waals surface area (Å²) in [6.45, 7) is 2.84. The zero-order valence-electron chi connectivity index (χ0n) is 16.6. The smallest absolute Gasteiger partial charge is 0.239 e. The lowest BCUT2D eigenvalue weighted by molar-refractivity contribution is -0.140. The summed E-state index contributed by atoms with van der Waals surface area (Å²) in [5.74, 6) is 3.31. The van der Waals surface area contributed by atoms with Gasteiger partial charge >= 0.3 is 0 Å². The molecule has 1 aliphatic heterocycles. The molecule has 1 saturated heterocycles. The Hall–Kier alpha value is -1.67. The summed E-state index contributed by atoms with van der Waals surface area (Å²) < 4.78 is 2.26. The molecule has 154 valence electrons. The second-order valence-corrected chi connectivity index (χ2v) is 10.5. The number of amides is 2. The fourth-order valence-electron chi connectivity index (χ4n) is 5.51. The van der Waals surface area contributed by atoms with E-state index in [0.29, 0.717) is 24.9 Å². The van der Waals surface area contributed by atoms with Gasteiger partial charge < -0.3 is 0 Å². The molecule has 0 radical (unpaired) electrons. The second kappa shape index (κ2) is 7.87. The van der Waals surface area contributed by atoms with Crippen LogP contribution in [0.4, 0.5) is 0 Å². The van der Waals surface area contributed by atoms with Crippen LogP contribution >= 0.6 is 23.1 Å². The third-order valence-corrected chi connectivity index (χ3v) is 8.72. The van der Waals surface area contributed by atoms with Crippen molar-refractivity contribution in [1.29, 1.82) is 0 Å². The lowest BCUT2D eigenvalue weighted by Crippen LogP contribution is -2.33. The first-order valence-corrected chi connectivity index (χ1v) is 12.4. The van der Waals surface area contributed by atoms with Crippen LogP contribution in [0.1, 0.15) is 51.5 Å². The van der Waals surface area contributed by atoms with Crippen LogP contribution in [0.2, 0.25) is 0 Å². The van der Waals surface area contributed by atoms with Gasteiger partial charge in [0.1, 0.15) is 0 Å². The van der Waals surface area contributed by atoms with Gasteiger partial charge in [0.15, 0.2) is 11.0 Å². The van der Waals surface area contributed by atoms with Crippen molar-refractivity contribution in [3.8, 4) is 10.7 Å². The van der Waals surface area contributed by atoms with Gasteiger partial charge in [0.05, 0.1) is 10.6 Å². The Morgan fingerprint density at radius 3 is 2.90 bits per heavy atom. The maximum atomic E-state index is 12.5. The first-order chi connectivity index (χ1) is 14.1. The Morgan fingerprint density at radius 1 is 1.34 bits per heavy atom. The summed E-state index contributed by atoms with van der Waals surface area (Å²) >= 11 is 3.09. The number of hydrogen-bond acceptors (Lipinski definition) is 6. The number of hydrogen-bond donors (Lipinski definition) is 0. The van der Waals surface area contributed by atoms with E-state index in [-0.39, 0.29) is 17.6 Å². The number of imide groups is 1. The zero-order chi connectivity index (χ0) is 20.0. The number of thioether (sulfide) groups is 1. The Balaban J connectivity index is 1.39. The average Bonchev–Trinajstić information content (AvgIpc) is 3.53. The van der Waals surface area contributed by atoms with Crippen molar-refractivity contribution in [3.63, 3.8) is 0 Å². The third kappa shape index (κ3) is 3.54. The fourth-order valence-corrected chi connectivity index (χ4v) is 7.11. The molecule has 0 unspecified atom stereocenters. The number of aromatic nitrogens is 3. The van der Waals surface area contributed by atoms with Crippen molar-refractivity contribution < 1.29 is 9.59 Å². The number of likely N-dealkylation sites (tertiary alicyclic amines) is 1. The molecule has 4 atom stereocenters. The Kier molecular flexibility index (Phi) is 5.24. The fraction of sp³-hybridized carbons (Fsp3) is 0.619. The van der Waals surface area contributed by atoms with Crippen molar-refractivity contribution >= 4 is 34.9 Å². The van der Waals surface area contributed by atoms with E-state index in [2.05, 4.69) is 33.1 Å². The molecule has 0 spiro atoms. The molecule has 29 heavy (non-hydrogen) atoms. The lowest BCUT2D eigenvalue weighted by Gasteiger charge is -2.30. The first-order valence-electron chi connectivity index (χ1n) is 10.6. The molecule has 3 fully saturated rings. The van der Waals surface area contributed by atoms with Gasteiger partial charge in [-0.3, -0.25) is 19.1 Å². The molecule has 2 aromatic heterocycles. The third-order valence-electron chi connectivity index (χ3n) is 6.92. The Bertz CT molecular complexity index is 910. The van der Waals surface area contributed by atoms with Crippen LogP contribution in [-0.4, -0.2) is 43.8 Å². The van der Waals surface area contributed by atoms with Crippen molar-refractivity contribution in [1.82, 2.24) is 19.7 Å². The molecule has 3 aliphatic rings. The molecule has 5 rings (SSSR count). The predicted octanol–water partition coefficient (Wildman–Crippen LogP) is 4.24. The van der Waals surface area contributed by atoms with Gasteiger partial charge in [0.25, 0.3) is 0 Å². The molecule has 0 N–H and O–H groups in total. The first kappa shape index (κ1) is 19.3. The van der Waals surface area contributed by atoms with Gasteiger partial charge in [0, 0.05) is 19.0 Å². The van der Waals surface area contributed by atoms with Gasteiger partial charge in [-0.25, -0.2) is 0 Å². The normalized spacial score (nSPS) is 27.1. The number of nitrogens with zero attached hydrogens (tertiary/aromatic N) is 4. The van der Waals surface area contributed by atoms with Crippen LogP contribution in [0.5, 0.6) is 0 Å². The molecule has 8 heteroatoms. The molecule has 2 bridgehead atoms. The summed E-state index contributed by atoms with van der Waals surface area (Å²) in [5, 5.41) is 11.8. The van der Waals surface area contributed by atoms with Crippen LogP contribution in [0, 0.1) is 17.8 Å². The maximum absolute atomic E-state index is 12.5. The van der Waals surface area contributed by atoms with Crippen molar-refractivity contribution in [2.75, 3.05) is 12.3 Å². The Morgan fingerprint density at radius 2 is 2.24 bits per heavy atom. The Labute approximate surface area is 179 Å². The van der Waals surface area contributed by atoms with Gasteiger partial charge in [0.2, 0.25) is 11.8 Å². The minimum atomic E-state index is -0.114. The van der Waals surface area contributed by atoms with Crippen molar-refractivity contribution in [2.45, 2.75) is 56.6 Å². The van der Waals surface area contributed by atoms with Gasteiger partial charge in [-0.2, -0.15) is 0 Å². The van der Waals surface area contributed by atoms with E-state index in [4.69, 9.17) is 0 Å². The summed E-state index contributed by atoms with van der Waals surface area (Å²) in [4.78, 5) is 26.9. The van der Waals surface area contributed by atoms with Gasteiger partial charge in [-0.1, -0.05) is 24.2 Å². The molecule has 2 aromatic rings. The summed E-state index contributed by atoms with van der Waals surface area (Å²) in [6, 6.07) is 4.43. The number of carbonyl (C=O) groups excluding carboxylic acids is 2. The van der Waals surface area contributed by atoms with E-state index < -0.39 is 0 Å². The topological polar surface area (TPSA) is 68.1 Å². The highest BCUT2D eigenvalue weighted by Gasteiger charge is 2.43. The van der Waals surface area contributed by atoms with Crippen LogP contribution in [0.15, 0.2) is 22.7 Å². The highest BCUT2D eigenvalue weighted by molar-refractivity contribution is 7.99. The van der Waals surface area contributed by atoms with Crippen LogP contribution < -0.4 is 0 Å². The van der Waals surface area contributed by atoms with E-state index in [9.17, 15) is 9.59 Å². The van der Waals surface area contributed by atoms with E-state index in [1.165, 1.54) is 42.3 Å². The molecule has 3 heterocycles. The van der Waals surface area contributed by atoms with Gasteiger partial charge in [-0.15, -0.1) is 21.5 Å². The molecular weight excluding hydrogens is 404 g/mol. The minimum absolute atomic E-state index is 0.0494. The standard InChI is InChI=1S/C21H26N4O2S2/c1-13(16-11-14-6-7-15(16)10-14)25-20(17-4-3-9-28-17)22-23-21(25)29-12-19(27)24-8-2-5-18(24)26/h3-4,9,13-16H,2,5-8,10-12H2,1H3/t13-,14-,15-,16-/m1/s1. The summed E-state index contributed by atoms with van der Waals surface area (Å²) in [5.41, 5.74) is 0. The van der Waals surface area contributed by atoms with Crippen LogP contribution in [0.25, 0.3) is 10.7 Å². The monoisotopic (exact) mass is 430 g/mol. The zero-order valence-corrected chi connectivity index (χ0v) is 18.3. The van der Waals surface area contributed by atoms with Crippen molar-refractivity contribution in [3.05, 3.63) is 17.5 Å². The summed E-state index contributed by atoms with van der Waals surface area (Å²) in [6.07, 6.45) is 6.64. The average molecular weight is 431 g/mol. The summed E-state index contributed by atoms with van der Waals surface area (Å²) in [7, 11) is 0. The lowest BCUT2D eigenvalue weighted by atomic mass is 9.84. The minimum Gasteiger partial charge on any atom is -0.298 e. The molecule has 2 amide bonds. The molecule has 6 nitrogen and oxygen atoms in total. The number of carbonyl (C=O) groups is 2. The highest BCUT2D eigenvalue weighted by Crippen LogP contribution is 2.53. The van der Waals surface area contributed by atoms with E-state index >= 15 is 0 Å². The molecule has 2 saturated carbocycles. The van der Waals surface area contributed by atoms with E-state index in [1.54, 1.807) is 11.3 Å². The van der Waals surface area contributed by atoms with Gasteiger partial charge in [-0.05, 0) is 61.8 Å². The number of rotatable bonds is 6. The quantitative estimate of drug-likeness (QED) is 0.641. The molecule has 0 aromatic carbocycles. The second-order valence-electron chi connectivity index (χ2n) is 8.56.